The third-order valence-electron chi connectivity index (χ3n) is 4.00. The van der Waals surface area contributed by atoms with Crippen molar-refractivity contribution >= 4 is 9.84 Å². The maximum Gasteiger partial charge on any atom is 0.150 e. The van der Waals surface area contributed by atoms with E-state index < -0.39 is 9.84 Å². The van der Waals surface area contributed by atoms with E-state index in [9.17, 15) is 8.42 Å². The topological polar surface area (TPSA) is 49.4 Å². The van der Waals surface area contributed by atoms with Crippen LogP contribution < -0.4 is 5.32 Å². The van der Waals surface area contributed by atoms with Crippen molar-refractivity contribution in [3.05, 3.63) is 0 Å². The Labute approximate surface area is 125 Å². The molecule has 1 N–H and O–H groups in total. The minimum absolute atomic E-state index is 0.200. The highest BCUT2D eigenvalue weighted by atomic mass is 32.2. The van der Waals surface area contributed by atoms with Gasteiger partial charge in [-0.2, -0.15) is 0 Å². The molecule has 0 radical (unpaired) electrons. The Morgan fingerprint density at radius 3 is 2.30 bits per heavy atom. The minimum atomic E-state index is -2.79. The molecule has 0 aromatic carbocycles. The molecule has 4 nitrogen and oxygen atoms in total. The van der Waals surface area contributed by atoms with Gasteiger partial charge in [-0.05, 0) is 72.1 Å². The van der Waals surface area contributed by atoms with Crippen LogP contribution in [0, 0.1) is 5.92 Å². The van der Waals surface area contributed by atoms with E-state index in [1.54, 1.807) is 6.92 Å². The molecule has 0 spiro atoms. The van der Waals surface area contributed by atoms with Gasteiger partial charge in [0.2, 0.25) is 0 Å². The van der Waals surface area contributed by atoms with Crippen LogP contribution in [0.5, 0.6) is 0 Å². The first kappa shape index (κ1) is 17.9. The van der Waals surface area contributed by atoms with E-state index in [0.29, 0.717) is 5.75 Å². The average molecular weight is 305 g/mol. The molecule has 0 aromatic rings. The molecule has 0 amide bonds. The van der Waals surface area contributed by atoms with Gasteiger partial charge in [0.25, 0.3) is 0 Å². The fourth-order valence-corrected chi connectivity index (χ4v) is 3.37. The van der Waals surface area contributed by atoms with Gasteiger partial charge in [0.05, 0.1) is 5.75 Å². The number of hydrogen-bond acceptors (Lipinski definition) is 4. The van der Waals surface area contributed by atoms with Crippen molar-refractivity contribution in [2.45, 2.75) is 52.5 Å². The highest BCUT2D eigenvalue weighted by Crippen LogP contribution is 2.17. The Balaban J connectivity index is 2.16. The van der Waals surface area contributed by atoms with E-state index >= 15 is 0 Å². The molecule has 1 aliphatic heterocycles. The third kappa shape index (κ3) is 7.60. The van der Waals surface area contributed by atoms with Gasteiger partial charge in [-0.25, -0.2) is 8.42 Å². The van der Waals surface area contributed by atoms with Gasteiger partial charge in [0, 0.05) is 11.3 Å². The molecule has 0 unspecified atom stereocenters. The van der Waals surface area contributed by atoms with Gasteiger partial charge >= 0.3 is 0 Å². The minimum Gasteiger partial charge on any atom is -0.312 e. The number of piperidine rings is 1. The van der Waals surface area contributed by atoms with E-state index in [1.807, 2.05) is 0 Å². The number of nitrogens with one attached hydrogen (secondary N) is 1. The van der Waals surface area contributed by atoms with Crippen LogP contribution in [0.15, 0.2) is 0 Å². The monoisotopic (exact) mass is 304 g/mol. The summed E-state index contributed by atoms with van der Waals surface area (Å²) >= 11 is 0. The summed E-state index contributed by atoms with van der Waals surface area (Å²) in [5.74, 6) is 1.38. The summed E-state index contributed by atoms with van der Waals surface area (Å²) in [6, 6.07) is 0. The molecule has 1 aliphatic rings. The molecule has 0 atom stereocenters. The SMILES string of the molecule is CCS(=O)(=O)CCCN1CCC(CNC(C)(C)C)CC1. The summed E-state index contributed by atoms with van der Waals surface area (Å²) in [5.41, 5.74) is 0.200. The maximum absolute atomic E-state index is 11.4. The molecular weight excluding hydrogens is 272 g/mol. The zero-order valence-electron chi connectivity index (χ0n) is 13.6. The summed E-state index contributed by atoms with van der Waals surface area (Å²) in [4.78, 5) is 2.42. The van der Waals surface area contributed by atoms with Crippen LogP contribution in [0.4, 0.5) is 0 Å². The van der Waals surface area contributed by atoms with Gasteiger partial charge < -0.3 is 10.2 Å². The Kier molecular flexibility index (Phi) is 6.95. The molecule has 120 valence electrons. The molecule has 5 heteroatoms. The van der Waals surface area contributed by atoms with Crippen molar-refractivity contribution in [3.8, 4) is 0 Å². The Hall–Kier alpha value is -0.130. The summed E-state index contributed by atoms with van der Waals surface area (Å²) in [7, 11) is -2.79. The van der Waals surface area contributed by atoms with Crippen molar-refractivity contribution in [1.82, 2.24) is 10.2 Å². The fourth-order valence-electron chi connectivity index (χ4n) is 2.52. The molecule has 1 rings (SSSR count). The molecule has 0 aromatic heterocycles. The molecule has 0 saturated carbocycles. The molecule has 1 heterocycles. The molecule has 0 bridgehead atoms. The smallest absolute Gasteiger partial charge is 0.150 e. The van der Waals surface area contributed by atoms with E-state index in [1.165, 1.54) is 12.8 Å². The van der Waals surface area contributed by atoms with E-state index in [-0.39, 0.29) is 11.3 Å². The second-order valence-corrected chi connectivity index (χ2v) is 9.48. The van der Waals surface area contributed by atoms with E-state index in [4.69, 9.17) is 0 Å². The average Bonchev–Trinajstić information content (AvgIpc) is 2.37. The maximum atomic E-state index is 11.4. The van der Waals surface area contributed by atoms with Gasteiger partial charge in [-0.1, -0.05) is 6.92 Å². The Morgan fingerprint density at radius 2 is 1.80 bits per heavy atom. The molecule has 1 fully saturated rings. The first-order valence-electron chi connectivity index (χ1n) is 7.89. The zero-order valence-corrected chi connectivity index (χ0v) is 14.4. The van der Waals surface area contributed by atoms with Gasteiger partial charge in [-0.3, -0.25) is 0 Å². The van der Waals surface area contributed by atoms with Crippen molar-refractivity contribution in [1.29, 1.82) is 0 Å². The van der Waals surface area contributed by atoms with Crippen molar-refractivity contribution in [2.24, 2.45) is 5.92 Å². The van der Waals surface area contributed by atoms with Crippen LogP contribution in [-0.4, -0.2) is 56.5 Å². The van der Waals surface area contributed by atoms with Crippen molar-refractivity contribution < 1.29 is 8.42 Å². The highest BCUT2D eigenvalue weighted by Gasteiger charge is 2.20. The zero-order chi connectivity index (χ0) is 15.2. The first-order chi connectivity index (χ1) is 9.22. The lowest BCUT2D eigenvalue weighted by Crippen LogP contribution is -2.43. The Bertz CT molecular complexity index is 366. The lowest BCUT2D eigenvalue weighted by atomic mass is 9.95. The first-order valence-corrected chi connectivity index (χ1v) is 9.72. The summed E-state index contributed by atoms with van der Waals surface area (Å²) < 4.78 is 22.9. The number of nitrogens with zero attached hydrogens (tertiary/aromatic N) is 1. The Morgan fingerprint density at radius 1 is 1.20 bits per heavy atom. The van der Waals surface area contributed by atoms with Crippen molar-refractivity contribution in [3.63, 3.8) is 0 Å². The summed E-state index contributed by atoms with van der Waals surface area (Å²) in [6.07, 6.45) is 3.23. The molecular formula is C15H32N2O2S. The second-order valence-electron chi connectivity index (χ2n) is 7.01. The number of rotatable bonds is 7. The lowest BCUT2D eigenvalue weighted by molar-refractivity contribution is 0.177. The largest absolute Gasteiger partial charge is 0.312 e. The van der Waals surface area contributed by atoms with Crippen LogP contribution in [0.3, 0.4) is 0 Å². The number of likely N-dealkylation sites (tertiary alicyclic amines) is 1. The predicted octanol–water partition coefficient (Wildman–Crippen LogP) is 1.91. The number of hydrogen-bond donors (Lipinski definition) is 1. The van der Waals surface area contributed by atoms with Crippen LogP contribution in [0.1, 0.15) is 47.0 Å². The third-order valence-corrected chi connectivity index (χ3v) is 5.79. The molecule has 1 saturated heterocycles. The number of sulfone groups is 1. The summed E-state index contributed by atoms with van der Waals surface area (Å²) in [5, 5.41) is 3.58. The van der Waals surface area contributed by atoms with Gasteiger partial charge in [0.1, 0.15) is 9.84 Å². The second kappa shape index (κ2) is 7.76. The van der Waals surface area contributed by atoms with E-state index in [2.05, 4.69) is 31.0 Å². The predicted molar refractivity (Wildman–Crippen MR) is 85.9 cm³/mol. The van der Waals surface area contributed by atoms with Crippen molar-refractivity contribution in [2.75, 3.05) is 37.7 Å². The standard InChI is InChI=1S/C15H32N2O2S/c1-5-20(18,19)12-6-9-17-10-7-14(8-11-17)13-16-15(2,3)4/h14,16H,5-13H2,1-4H3. The molecule has 20 heavy (non-hydrogen) atoms. The van der Waals surface area contributed by atoms with Crippen LogP contribution in [0.2, 0.25) is 0 Å². The summed E-state index contributed by atoms with van der Waals surface area (Å²) in [6.45, 7) is 12.6. The van der Waals surface area contributed by atoms with E-state index in [0.717, 1.165) is 38.5 Å². The van der Waals surface area contributed by atoms with Gasteiger partial charge in [-0.15, -0.1) is 0 Å². The van der Waals surface area contributed by atoms with Crippen LogP contribution >= 0.6 is 0 Å². The quantitative estimate of drug-likeness (QED) is 0.780. The lowest BCUT2D eigenvalue weighted by Gasteiger charge is -2.33. The highest BCUT2D eigenvalue weighted by molar-refractivity contribution is 7.91. The fraction of sp³-hybridized carbons (Fsp3) is 1.00. The van der Waals surface area contributed by atoms with Crippen LogP contribution in [-0.2, 0) is 9.84 Å². The molecule has 0 aliphatic carbocycles. The van der Waals surface area contributed by atoms with Gasteiger partial charge in [0.15, 0.2) is 0 Å². The van der Waals surface area contributed by atoms with Crippen LogP contribution in [0.25, 0.3) is 0 Å². The normalized spacial score (nSPS) is 19.4.